The average molecular weight is 1010 g/mol. The maximum absolute atomic E-state index is 6.21. The third-order valence-corrected chi connectivity index (χ3v) is 12.3. The molecule has 0 unspecified atom stereocenters. The van der Waals surface area contributed by atoms with Crippen LogP contribution in [0.3, 0.4) is 0 Å². The number of ether oxygens (including phenoxy) is 18. The van der Waals surface area contributed by atoms with Gasteiger partial charge in [-0.25, -0.2) is 0 Å². The topological polar surface area (TPSA) is 166 Å². The normalized spacial score (nSPS) is 28.7. The molecule has 0 amide bonds. The maximum Gasteiger partial charge on any atom is 0.183 e. The first-order valence-electron chi connectivity index (χ1n) is 24.9. The van der Waals surface area contributed by atoms with Crippen molar-refractivity contribution in [3.63, 3.8) is 0 Å². The Morgan fingerprint density at radius 3 is 0.653 bits per heavy atom. The molecule has 4 aromatic rings. The molecule has 14 bridgehead atoms. The molecule has 4 fully saturated rings. The largest absolute Gasteiger partial charge is 0.491 e. The van der Waals surface area contributed by atoms with Gasteiger partial charge < -0.3 is 85.3 Å². The number of hydrogen-bond donors (Lipinski definition) is 0. The van der Waals surface area contributed by atoms with E-state index in [0.717, 1.165) is 22.3 Å². The molecule has 72 heavy (non-hydrogen) atoms. The summed E-state index contributed by atoms with van der Waals surface area (Å²) in [5.41, 5.74) is 2.65. The van der Waals surface area contributed by atoms with Crippen molar-refractivity contribution in [3.8, 4) is 23.0 Å². The van der Waals surface area contributed by atoms with Gasteiger partial charge in [-0.05, 0) is 48.5 Å². The molecule has 0 aliphatic carbocycles. The lowest BCUT2D eigenvalue weighted by molar-refractivity contribution is -0.307. The van der Waals surface area contributed by atoms with Crippen molar-refractivity contribution in [3.05, 3.63) is 119 Å². The van der Waals surface area contributed by atoms with Gasteiger partial charge in [-0.3, -0.25) is 0 Å². The summed E-state index contributed by atoms with van der Waals surface area (Å²) in [6.45, 7) is 10.2. The third-order valence-electron chi connectivity index (χ3n) is 12.3. The Balaban J connectivity index is 0.709. The summed E-state index contributed by atoms with van der Waals surface area (Å²) >= 11 is 0. The molecule has 0 saturated carbocycles. The minimum absolute atomic E-state index is 0.386. The zero-order valence-electron chi connectivity index (χ0n) is 40.9. The summed E-state index contributed by atoms with van der Waals surface area (Å²) in [6.07, 6.45) is -2.11. The molecule has 392 valence electrons. The Morgan fingerprint density at radius 1 is 0.250 bits per heavy atom. The molecule has 15 rings (SSSR count). The van der Waals surface area contributed by atoms with Crippen LogP contribution >= 0.6 is 0 Å². The summed E-state index contributed by atoms with van der Waals surface area (Å²) in [4.78, 5) is 0. The summed E-state index contributed by atoms with van der Waals surface area (Å²) in [5.74, 6) is 2.82. The SMILES string of the molecule is c1cc2cc(c1)C1OCC3(CO1)COC(OC3)c1cccc(c1)OCCOCCOCCOCCOc1cccc(c1)C1OCC3(COC(OC3)c3cccc(c3)OCCOCCOCCOCCO2)CO1. The Kier molecular flexibility index (Phi) is 20.2. The van der Waals surface area contributed by atoms with E-state index >= 15 is 0 Å². The highest BCUT2D eigenvalue weighted by molar-refractivity contribution is 5.32. The molecule has 0 radical (unpaired) electrons. The monoisotopic (exact) mass is 1000 g/mol. The second-order valence-corrected chi connectivity index (χ2v) is 18.2. The Morgan fingerprint density at radius 2 is 0.444 bits per heavy atom. The highest BCUT2D eigenvalue weighted by Gasteiger charge is 2.44. The molecular weight excluding hydrogens is 937 g/mol. The Hall–Kier alpha value is -4.48. The van der Waals surface area contributed by atoms with Crippen LogP contribution in [0.4, 0.5) is 0 Å². The van der Waals surface area contributed by atoms with Crippen LogP contribution in [0.15, 0.2) is 97.1 Å². The van der Waals surface area contributed by atoms with Crippen LogP contribution < -0.4 is 18.9 Å². The van der Waals surface area contributed by atoms with Gasteiger partial charge in [0.2, 0.25) is 0 Å². The van der Waals surface area contributed by atoms with Crippen molar-refractivity contribution in [2.75, 3.05) is 159 Å². The van der Waals surface area contributed by atoms with Crippen molar-refractivity contribution in [2.45, 2.75) is 25.2 Å². The van der Waals surface area contributed by atoms with Gasteiger partial charge in [0.25, 0.3) is 0 Å². The van der Waals surface area contributed by atoms with E-state index in [1.807, 2.05) is 97.1 Å². The lowest BCUT2D eigenvalue weighted by Gasteiger charge is -2.43. The first kappa shape index (κ1) is 52.4. The van der Waals surface area contributed by atoms with Gasteiger partial charge in [0.1, 0.15) is 49.4 Å². The standard InChI is InChI=1S/C54H68O18/c1-5-41-29-45(9-1)61-25-21-57-17-13-55-14-18-58-22-26-63-47-11-3-7-43(31-47)51-69-37-54(38-70-51)39-71-52(72-40-54)44-8-4-12-48(32-44)64-28-24-60-20-16-56-15-19-59-23-27-62-46-10-2-6-42(30-46)50-67-35-53(36-68-50)33-65-49(41)66-34-53/h1-12,29-32,49-52H,13-28,33-40H2. The molecule has 0 aromatic heterocycles. The van der Waals surface area contributed by atoms with E-state index in [-0.39, 0.29) is 0 Å². The van der Waals surface area contributed by atoms with Crippen molar-refractivity contribution >= 4 is 0 Å². The van der Waals surface area contributed by atoms with E-state index in [4.69, 9.17) is 85.3 Å². The Bertz CT molecular complexity index is 1870. The van der Waals surface area contributed by atoms with Gasteiger partial charge in [-0.15, -0.1) is 0 Å². The first-order chi connectivity index (χ1) is 35.6. The molecule has 11 aliphatic heterocycles. The van der Waals surface area contributed by atoms with E-state index in [1.54, 1.807) is 0 Å². The predicted molar refractivity (Wildman–Crippen MR) is 256 cm³/mol. The molecule has 2 spiro atoms. The van der Waals surface area contributed by atoms with E-state index in [9.17, 15) is 0 Å². The van der Waals surface area contributed by atoms with Gasteiger partial charge in [0, 0.05) is 22.3 Å². The van der Waals surface area contributed by atoms with Crippen LogP contribution in [-0.4, -0.2) is 159 Å². The predicted octanol–water partition coefficient (Wildman–Crippen LogP) is 6.57. The van der Waals surface area contributed by atoms with Crippen molar-refractivity contribution in [1.82, 2.24) is 0 Å². The lowest BCUT2D eigenvalue weighted by atomic mass is 9.90. The fourth-order valence-electron chi connectivity index (χ4n) is 8.44. The highest BCUT2D eigenvalue weighted by Crippen LogP contribution is 2.41. The minimum Gasteiger partial charge on any atom is -0.491 e. The second kappa shape index (κ2) is 27.7. The van der Waals surface area contributed by atoms with Crippen LogP contribution in [0.5, 0.6) is 23.0 Å². The molecule has 0 atom stereocenters. The molecule has 11 aliphatic rings. The molecule has 18 nitrogen and oxygen atoms in total. The van der Waals surface area contributed by atoms with Crippen molar-refractivity contribution in [2.24, 2.45) is 10.8 Å². The number of rotatable bonds is 0. The summed E-state index contributed by atoms with van der Waals surface area (Å²) in [6, 6.07) is 30.9. The zero-order chi connectivity index (χ0) is 48.9. The lowest BCUT2D eigenvalue weighted by Crippen LogP contribution is -2.49. The van der Waals surface area contributed by atoms with E-state index in [0.29, 0.717) is 182 Å². The number of benzene rings is 4. The van der Waals surface area contributed by atoms with E-state index in [2.05, 4.69) is 0 Å². The van der Waals surface area contributed by atoms with Gasteiger partial charge >= 0.3 is 0 Å². The van der Waals surface area contributed by atoms with Crippen LogP contribution in [0.1, 0.15) is 47.4 Å². The van der Waals surface area contributed by atoms with Gasteiger partial charge in [-0.1, -0.05) is 48.5 Å². The first-order valence-corrected chi connectivity index (χ1v) is 24.9. The quantitative estimate of drug-likeness (QED) is 0.186. The number of hydrogen-bond acceptors (Lipinski definition) is 18. The molecule has 4 aromatic carbocycles. The average Bonchev–Trinajstić information content (AvgIpc) is 3.42. The van der Waals surface area contributed by atoms with Crippen LogP contribution in [0.2, 0.25) is 0 Å². The maximum atomic E-state index is 6.21. The van der Waals surface area contributed by atoms with Crippen LogP contribution in [0, 0.1) is 10.8 Å². The Labute approximate surface area is 421 Å². The summed E-state index contributed by atoms with van der Waals surface area (Å²) in [5, 5.41) is 0. The van der Waals surface area contributed by atoms with E-state index in [1.165, 1.54) is 0 Å². The fourth-order valence-corrected chi connectivity index (χ4v) is 8.44. The van der Waals surface area contributed by atoms with Gasteiger partial charge in [0.15, 0.2) is 25.2 Å². The van der Waals surface area contributed by atoms with E-state index < -0.39 is 36.0 Å². The summed E-state index contributed by atoms with van der Waals surface area (Å²) in [7, 11) is 0. The summed E-state index contributed by atoms with van der Waals surface area (Å²) < 4.78 is 108. The molecule has 18 heteroatoms. The zero-order valence-corrected chi connectivity index (χ0v) is 40.9. The molecular formula is C54H68O18. The van der Waals surface area contributed by atoms with Gasteiger partial charge in [-0.2, -0.15) is 0 Å². The third kappa shape index (κ3) is 15.8. The van der Waals surface area contributed by atoms with Gasteiger partial charge in [0.05, 0.1) is 143 Å². The van der Waals surface area contributed by atoms with Crippen molar-refractivity contribution in [1.29, 1.82) is 0 Å². The van der Waals surface area contributed by atoms with Crippen LogP contribution in [-0.2, 0) is 66.3 Å². The van der Waals surface area contributed by atoms with Crippen molar-refractivity contribution < 1.29 is 85.3 Å². The molecule has 11 heterocycles. The molecule has 0 N–H and O–H groups in total. The minimum atomic E-state index is -0.527. The van der Waals surface area contributed by atoms with Crippen LogP contribution in [0.25, 0.3) is 0 Å². The second-order valence-electron chi connectivity index (χ2n) is 18.2. The highest BCUT2D eigenvalue weighted by atomic mass is 16.7. The fraction of sp³-hybridized carbons (Fsp3) is 0.556. The molecule has 4 saturated heterocycles. The smallest absolute Gasteiger partial charge is 0.183 e.